The first kappa shape index (κ1) is 10.8. The van der Waals surface area contributed by atoms with Crippen LogP contribution in [-0.2, 0) is 10.7 Å². The molecule has 0 heterocycles. The summed E-state index contributed by atoms with van der Waals surface area (Å²) in [5.41, 5.74) is 1.75. The average molecular weight is 211 g/mol. The largest absolute Gasteiger partial charge is 0.426 e. The molecule has 0 aliphatic heterocycles. The highest BCUT2D eigenvalue weighted by Gasteiger charge is 2.05. The molecule has 1 aromatic carbocycles. The first-order chi connectivity index (χ1) is 6.67. The van der Waals surface area contributed by atoms with E-state index in [-0.39, 0.29) is 5.97 Å². The molecular formula is C11H11ClO2. The maximum atomic E-state index is 10.8. The molecule has 0 aromatic heterocycles. The lowest BCUT2D eigenvalue weighted by Gasteiger charge is -2.07. The molecule has 0 radical (unpaired) electrons. The van der Waals surface area contributed by atoms with E-state index in [4.69, 9.17) is 16.3 Å². The van der Waals surface area contributed by atoms with Crippen molar-refractivity contribution in [2.45, 2.75) is 12.8 Å². The van der Waals surface area contributed by atoms with Crippen molar-refractivity contribution in [3.05, 3.63) is 35.9 Å². The van der Waals surface area contributed by atoms with Gasteiger partial charge in [-0.25, -0.2) is 0 Å². The van der Waals surface area contributed by atoms with E-state index in [2.05, 4.69) is 6.58 Å². The normalized spacial score (nSPS) is 9.57. The maximum Gasteiger partial charge on any atom is 0.308 e. The zero-order valence-corrected chi connectivity index (χ0v) is 8.67. The molecule has 1 aromatic rings. The van der Waals surface area contributed by atoms with Gasteiger partial charge in [-0.1, -0.05) is 18.7 Å². The third-order valence-corrected chi connectivity index (χ3v) is 2.01. The Morgan fingerprint density at radius 1 is 1.64 bits per heavy atom. The second kappa shape index (κ2) is 4.82. The molecule has 0 bridgehead atoms. The molecule has 0 atom stereocenters. The van der Waals surface area contributed by atoms with E-state index in [9.17, 15) is 4.79 Å². The summed E-state index contributed by atoms with van der Waals surface area (Å²) in [7, 11) is 0. The zero-order chi connectivity index (χ0) is 10.6. The highest BCUT2D eigenvalue weighted by molar-refractivity contribution is 6.17. The van der Waals surface area contributed by atoms with Crippen molar-refractivity contribution < 1.29 is 9.53 Å². The minimum absolute atomic E-state index is 0.310. The summed E-state index contributed by atoms with van der Waals surface area (Å²) in [5.74, 6) is 0.477. The van der Waals surface area contributed by atoms with Gasteiger partial charge in [0.05, 0.1) is 5.88 Å². The number of carbonyl (C=O) groups is 1. The predicted molar refractivity (Wildman–Crippen MR) is 57.4 cm³/mol. The van der Waals surface area contributed by atoms with Gasteiger partial charge in [-0.3, -0.25) is 4.79 Å². The first-order valence-corrected chi connectivity index (χ1v) is 4.70. The van der Waals surface area contributed by atoms with Crippen molar-refractivity contribution in [1.82, 2.24) is 0 Å². The van der Waals surface area contributed by atoms with E-state index in [0.29, 0.717) is 11.6 Å². The number of esters is 1. The molecule has 0 N–H and O–H groups in total. The van der Waals surface area contributed by atoms with Crippen molar-refractivity contribution in [1.29, 1.82) is 0 Å². The summed E-state index contributed by atoms with van der Waals surface area (Å²) in [4.78, 5) is 10.8. The monoisotopic (exact) mass is 210 g/mol. The van der Waals surface area contributed by atoms with Gasteiger partial charge in [-0.2, -0.15) is 0 Å². The van der Waals surface area contributed by atoms with Gasteiger partial charge in [0.2, 0.25) is 0 Å². The first-order valence-electron chi connectivity index (χ1n) is 4.17. The van der Waals surface area contributed by atoms with Gasteiger partial charge in [0.15, 0.2) is 0 Å². The van der Waals surface area contributed by atoms with E-state index < -0.39 is 0 Å². The molecule has 14 heavy (non-hydrogen) atoms. The van der Waals surface area contributed by atoms with Crippen LogP contribution >= 0.6 is 11.6 Å². The number of halogens is 1. The van der Waals surface area contributed by atoms with E-state index in [1.807, 2.05) is 12.1 Å². The highest BCUT2D eigenvalue weighted by Crippen LogP contribution is 2.22. The van der Waals surface area contributed by atoms with Crippen molar-refractivity contribution in [2.24, 2.45) is 0 Å². The molecule has 3 heteroatoms. The summed E-state index contributed by atoms with van der Waals surface area (Å²) in [6, 6.07) is 5.38. The van der Waals surface area contributed by atoms with Gasteiger partial charge in [-0.15, -0.1) is 11.6 Å². The van der Waals surface area contributed by atoms with Crippen LogP contribution in [0.1, 0.15) is 18.1 Å². The molecular weight excluding hydrogens is 200 g/mol. The van der Waals surface area contributed by atoms with Crippen LogP contribution in [0.15, 0.2) is 24.8 Å². The van der Waals surface area contributed by atoms with Crippen LogP contribution in [0.25, 0.3) is 6.08 Å². The van der Waals surface area contributed by atoms with Crippen molar-refractivity contribution >= 4 is 23.6 Å². The van der Waals surface area contributed by atoms with Crippen LogP contribution in [-0.4, -0.2) is 5.97 Å². The van der Waals surface area contributed by atoms with Crippen molar-refractivity contribution in [3.8, 4) is 5.75 Å². The van der Waals surface area contributed by atoms with Crippen molar-refractivity contribution in [2.75, 3.05) is 0 Å². The smallest absolute Gasteiger partial charge is 0.308 e. The fourth-order valence-electron chi connectivity index (χ4n) is 1.09. The summed E-state index contributed by atoms with van der Waals surface area (Å²) < 4.78 is 4.98. The Labute approximate surface area is 88.1 Å². The van der Waals surface area contributed by atoms with Gasteiger partial charge < -0.3 is 4.74 Å². The molecule has 0 unspecified atom stereocenters. The molecule has 0 amide bonds. The second-order valence-corrected chi connectivity index (χ2v) is 3.07. The maximum absolute atomic E-state index is 10.8. The summed E-state index contributed by atoms with van der Waals surface area (Å²) >= 11 is 5.72. The standard InChI is InChI=1S/C11H11ClO2/c1-3-9-4-5-11(14-8(2)13)10(6-9)7-12/h3-6H,1,7H2,2H3. The van der Waals surface area contributed by atoms with Gasteiger partial charge in [0.25, 0.3) is 0 Å². The van der Waals surface area contributed by atoms with E-state index in [1.165, 1.54) is 6.92 Å². The molecule has 0 spiro atoms. The third-order valence-electron chi connectivity index (χ3n) is 1.72. The molecule has 0 aliphatic carbocycles. The molecule has 1 rings (SSSR count). The molecule has 74 valence electrons. The van der Waals surface area contributed by atoms with Crippen LogP contribution in [0.4, 0.5) is 0 Å². The summed E-state index contributed by atoms with van der Waals surface area (Å²) in [6.45, 7) is 5.01. The number of ether oxygens (including phenoxy) is 1. The van der Waals surface area contributed by atoms with E-state index >= 15 is 0 Å². The predicted octanol–water partition coefficient (Wildman–Crippen LogP) is 2.99. The number of benzene rings is 1. The summed E-state index contributed by atoms with van der Waals surface area (Å²) in [6.07, 6.45) is 1.72. The quantitative estimate of drug-likeness (QED) is 0.436. The second-order valence-electron chi connectivity index (χ2n) is 2.80. The van der Waals surface area contributed by atoms with Gasteiger partial charge >= 0.3 is 5.97 Å². The molecule has 0 fully saturated rings. The highest BCUT2D eigenvalue weighted by atomic mass is 35.5. The fourth-order valence-corrected chi connectivity index (χ4v) is 1.29. The Hall–Kier alpha value is -1.28. The minimum Gasteiger partial charge on any atom is -0.426 e. The van der Waals surface area contributed by atoms with Crippen LogP contribution in [0.3, 0.4) is 0 Å². The SMILES string of the molecule is C=Cc1ccc(OC(C)=O)c(CCl)c1. The van der Waals surface area contributed by atoms with E-state index in [0.717, 1.165) is 11.1 Å². The van der Waals surface area contributed by atoms with Gasteiger partial charge in [-0.05, 0) is 17.7 Å². The number of hydrogen-bond acceptors (Lipinski definition) is 2. The van der Waals surface area contributed by atoms with Crippen LogP contribution < -0.4 is 4.74 Å². The lowest BCUT2D eigenvalue weighted by molar-refractivity contribution is -0.131. The van der Waals surface area contributed by atoms with Crippen molar-refractivity contribution in [3.63, 3.8) is 0 Å². The third kappa shape index (κ3) is 2.60. The number of rotatable bonds is 3. The van der Waals surface area contributed by atoms with Crippen LogP contribution in [0.2, 0.25) is 0 Å². The van der Waals surface area contributed by atoms with Gasteiger partial charge in [0, 0.05) is 12.5 Å². The van der Waals surface area contributed by atoms with Crippen LogP contribution in [0.5, 0.6) is 5.75 Å². The Kier molecular flexibility index (Phi) is 3.72. The molecule has 2 nitrogen and oxygen atoms in total. The Balaban J connectivity index is 3.04. The average Bonchev–Trinajstić information content (AvgIpc) is 2.17. The topological polar surface area (TPSA) is 26.3 Å². The Morgan fingerprint density at radius 2 is 2.36 bits per heavy atom. The lowest BCUT2D eigenvalue weighted by Crippen LogP contribution is -2.03. The molecule has 0 aliphatic rings. The number of hydrogen-bond donors (Lipinski definition) is 0. The number of carbonyl (C=O) groups excluding carboxylic acids is 1. The Morgan fingerprint density at radius 3 is 2.86 bits per heavy atom. The zero-order valence-electron chi connectivity index (χ0n) is 7.92. The molecule has 0 saturated carbocycles. The fraction of sp³-hybridized carbons (Fsp3) is 0.182. The minimum atomic E-state index is -0.345. The van der Waals surface area contributed by atoms with E-state index in [1.54, 1.807) is 12.1 Å². The lowest BCUT2D eigenvalue weighted by atomic mass is 10.1. The summed E-state index contributed by atoms with van der Waals surface area (Å²) in [5, 5.41) is 0. The van der Waals surface area contributed by atoms with Crippen LogP contribution in [0, 0.1) is 0 Å². The molecule has 0 saturated heterocycles. The Bertz CT molecular complexity index is 358. The van der Waals surface area contributed by atoms with Gasteiger partial charge in [0.1, 0.15) is 5.75 Å². The number of alkyl halides is 1.